The van der Waals surface area contributed by atoms with Crippen molar-refractivity contribution in [1.82, 2.24) is 0 Å². The zero-order chi connectivity index (χ0) is 13.4. The fraction of sp³-hybridized carbons (Fsp3) is 0.143. The minimum Gasteiger partial charge on any atom is -0.323 e. The van der Waals surface area contributed by atoms with Gasteiger partial charge in [0, 0.05) is 26.9 Å². The van der Waals surface area contributed by atoms with Crippen molar-refractivity contribution in [3.05, 3.63) is 56.3 Å². The van der Waals surface area contributed by atoms with Crippen molar-refractivity contribution in [2.45, 2.75) is 12.5 Å². The number of benzene rings is 1. The molecule has 5 heteroatoms. The van der Waals surface area contributed by atoms with Gasteiger partial charge in [0.2, 0.25) is 0 Å². The predicted molar refractivity (Wildman–Crippen MR) is 81.7 cm³/mol. The molecule has 1 atom stereocenters. The SMILES string of the molecule is NC(Cc1ccc(Cl)s1)c1cc2cc(F)ccc2s1. The minimum atomic E-state index is -0.213. The maximum atomic E-state index is 13.2. The summed E-state index contributed by atoms with van der Waals surface area (Å²) in [5, 5.41) is 0.916. The summed E-state index contributed by atoms with van der Waals surface area (Å²) in [5.41, 5.74) is 6.22. The summed E-state index contributed by atoms with van der Waals surface area (Å²) in [6.07, 6.45) is 0.757. The van der Waals surface area contributed by atoms with Crippen LogP contribution in [0.3, 0.4) is 0 Å². The molecule has 0 saturated heterocycles. The number of hydrogen-bond acceptors (Lipinski definition) is 3. The van der Waals surface area contributed by atoms with Crippen LogP contribution in [0.25, 0.3) is 10.1 Å². The maximum Gasteiger partial charge on any atom is 0.123 e. The molecule has 1 nitrogen and oxygen atoms in total. The predicted octanol–water partition coefficient (Wildman–Crippen LogP) is 5.00. The van der Waals surface area contributed by atoms with Crippen molar-refractivity contribution in [2.75, 3.05) is 0 Å². The van der Waals surface area contributed by atoms with E-state index < -0.39 is 0 Å². The van der Waals surface area contributed by atoms with Gasteiger partial charge >= 0.3 is 0 Å². The van der Waals surface area contributed by atoms with Crippen LogP contribution in [0.5, 0.6) is 0 Å². The summed E-state index contributed by atoms with van der Waals surface area (Å²) >= 11 is 9.08. The van der Waals surface area contributed by atoms with Gasteiger partial charge in [0.05, 0.1) is 4.34 Å². The lowest BCUT2D eigenvalue weighted by molar-refractivity contribution is 0.630. The molecule has 3 aromatic rings. The molecular weight excluding hydrogens is 301 g/mol. The van der Waals surface area contributed by atoms with Crippen LogP contribution in [0.4, 0.5) is 4.39 Å². The van der Waals surface area contributed by atoms with Crippen LogP contribution in [0, 0.1) is 5.82 Å². The number of halogens is 2. The standard InChI is InChI=1S/C14H11ClFNS2/c15-14-4-2-10(18-14)7-11(17)13-6-8-5-9(16)1-3-12(8)19-13/h1-6,11H,7,17H2. The molecule has 3 rings (SSSR count). The van der Waals surface area contributed by atoms with Crippen LogP contribution in [-0.2, 0) is 6.42 Å². The van der Waals surface area contributed by atoms with Gasteiger partial charge < -0.3 is 5.73 Å². The minimum absolute atomic E-state index is 0.0739. The van der Waals surface area contributed by atoms with E-state index in [9.17, 15) is 4.39 Å². The Morgan fingerprint density at radius 3 is 2.74 bits per heavy atom. The van der Waals surface area contributed by atoms with Gasteiger partial charge in [0.1, 0.15) is 5.82 Å². The molecule has 2 heterocycles. The molecule has 98 valence electrons. The zero-order valence-electron chi connectivity index (χ0n) is 9.90. The first-order chi connectivity index (χ1) is 9.11. The highest BCUT2D eigenvalue weighted by molar-refractivity contribution is 7.19. The molecule has 1 unspecified atom stereocenters. The summed E-state index contributed by atoms with van der Waals surface area (Å²) in [6.45, 7) is 0. The van der Waals surface area contributed by atoms with E-state index in [1.165, 1.54) is 10.9 Å². The first kappa shape index (κ1) is 13.1. The third kappa shape index (κ3) is 2.82. The molecule has 0 radical (unpaired) electrons. The molecular formula is C14H11ClFNS2. The molecule has 0 aliphatic carbocycles. The Kier molecular flexibility index (Phi) is 3.58. The molecule has 1 aromatic carbocycles. The third-order valence-electron chi connectivity index (χ3n) is 2.91. The molecule has 19 heavy (non-hydrogen) atoms. The van der Waals surface area contributed by atoms with Crippen molar-refractivity contribution < 1.29 is 4.39 Å². The second kappa shape index (κ2) is 5.21. The van der Waals surface area contributed by atoms with Crippen LogP contribution in [0.1, 0.15) is 15.8 Å². The summed E-state index contributed by atoms with van der Waals surface area (Å²) in [6, 6.07) is 10.6. The largest absolute Gasteiger partial charge is 0.323 e. The summed E-state index contributed by atoms with van der Waals surface area (Å²) in [4.78, 5) is 2.24. The molecule has 0 aliphatic heterocycles. The van der Waals surface area contributed by atoms with E-state index in [1.54, 1.807) is 34.8 Å². The van der Waals surface area contributed by atoms with Crippen LogP contribution in [-0.4, -0.2) is 0 Å². The van der Waals surface area contributed by atoms with Gasteiger partial charge in [-0.2, -0.15) is 0 Å². The first-order valence-electron chi connectivity index (χ1n) is 5.80. The van der Waals surface area contributed by atoms with E-state index in [4.69, 9.17) is 17.3 Å². The summed E-state index contributed by atoms with van der Waals surface area (Å²) in [5.74, 6) is -0.213. The monoisotopic (exact) mass is 311 g/mol. The van der Waals surface area contributed by atoms with Crippen molar-refractivity contribution in [3.8, 4) is 0 Å². The van der Waals surface area contributed by atoms with E-state index >= 15 is 0 Å². The Labute approximate surface area is 123 Å². The fourth-order valence-electron chi connectivity index (χ4n) is 2.00. The Balaban J connectivity index is 1.86. The van der Waals surface area contributed by atoms with E-state index in [0.717, 1.165) is 25.7 Å². The number of nitrogens with two attached hydrogens (primary N) is 1. The maximum absolute atomic E-state index is 13.2. The van der Waals surface area contributed by atoms with Gasteiger partial charge in [0.15, 0.2) is 0 Å². The summed E-state index contributed by atoms with van der Waals surface area (Å²) < 4.78 is 15.0. The van der Waals surface area contributed by atoms with Crippen LogP contribution < -0.4 is 5.73 Å². The third-order valence-corrected chi connectivity index (χ3v) is 5.41. The lowest BCUT2D eigenvalue weighted by atomic mass is 10.1. The normalized spacial score (nSPS) is 13.0. The Bertz CT molecular complexity index is 719. The van der Waals surface area contributed by atoms with Gasteiger partial charge in [-0.05, 0) is 41.8 Å². The van der Waals surface area contributed by atoms with Gasteiger partial charge in [-0.3, -0.25) is 0 Å². The molecule has 2 aromatic heterocycles. The molecule has 0 fully saturated rings. The lowest BCUT2D eigenvalue weighted by Gasteiger charge is -2.06. The molecule has 0 spiro atoms. The van der Waals surface area contributed by atoms with E-state index in [0.29, 0.717) is 0 Å². The van der Waals surface area contributed by atoms with Crippen molar-refractivity contribution >= 4 is 44.4 Å². The second-order valence-corrected chi connectivity index (χ2v) is 7.26. The smallest absolute Gasteiger partial charge is 0.123 e. The van der Waals surface area contributed by atoms with Gasteiger partial charge in [-0.25, -0.2) is 4.39 Å². The van der Waals surface area contributed by atoms with Crippen LogP contribution in [0.15, 0.2) is 36.4 Å². The Morgan fingerprint density at radius 1 is 1.16 bits per heavy atom. The molecule has 0 bridgehead atoms. The van der Waals surface area contributed by atoms with Crippen LogP contribution >= 0.6 is 34.3 Å². The highest BCUT2D eigenvalue weighted by atomic mass is 35.5. The number of hydrogen-bond donors (Lipinski definition) is 1. The fourth-order valence-corrected chi connectivity index (χ4v) is 4.19. The molecule has 0 saturated carbocycles. The van der Waals surface area contributed by atoms with E-state index in [-0.39, 0.29) is 11.9 Å². The number of thiophene rings is 2. The van der Waals surface area contributed by atoms with Crippen molar-refractivity contribution in [2.24, 2.45) is 5.73 Å². The van der Waals surface area contributed by atoms with Crippen LogP contribution in [0.2, 0.25) is 4.34 Å². The molecule has 2 N–H and O–H groups in total. The van der Waals surface area contributed by atoms with E-state index in [1.807, 2.05) is 18.2 Å². The van der Waals surface area contributed by atoms with Crippen molar-refractivity contribution in [1.29, 1.82) is 0 Å². The number of rotatable bonds is 3. The average molecular weight is 312 g/mol. The Morgan fingerprint density at radius 2 is 2.00 bits per heavy atom. The molecule has 0 amide bonds. The van der Waals surface area contributed by atoms with Gasteiger partial charge in [-0.1, -0.05) is 11.6 Å². The lowest BCUT2D eigenvalue weighted by Crippen LogP contribution is -2.10. The van der Waals surface area contributed by atoms with Gasteiger partial charge in [0.25, 0.3) is 0 Å². The quantitative estimate of drug-likeness (QED) is 0.724. The second-order valence-electron chi connectivity index (χ2n) is 4.35. The highest BCUT2D eigenvalue weighted by Gasteiger charge is 2.12. The molecule has 0 aliphatic rings. The first-order valence-corrected chi connectivity index (χ1v) is 7.82. The highest BCUT2D eigenvalue weighted by Crippen LogP contribution is 2.32. The Hall–Kier alpha value is -0.940. The van der Waals surface area contributed by atoms with Gasteiger partial charge in [-0.15, -0.1) is 22.7 Å². The zero-order valence-corrected chi connectivity index (χ0v) is 12.3. The summed E-state index contributed by atoms with van der Waals surface area (Å²) in [7, 11) is 0. The number of fused-ring (bicyclic) bond motifs is 1. The van der Waals surface area contributed by atoms with E-state index in [2.05, 4.69) is 0 Å². The topological polar surface area (TPSA) is 26.0 Å². The van der Waals surface area contributed by atoms with Crippen molar-refractivity contribution in [3.63, 3.8) is 0 Å². The average Bonchev–Trinajstić information content (AvgIpc) is 2.95.